The Labute approximate surface area is 146 Å². The van der Waals surface area contributed by atoms with Gasteiger partial charge in [-0.2, -0.15) is 0 Å². The Balaban J connectivity index is 0.000000406. The topological polar surface area (TPSA) is 80.3 Å². The summed E-state index contributed by atoms with van der Waals surface area (Å²) in [5.41, 5.74) is 0. The fraction of sp³-hybridized carbons (Fsp3) is 0. The number of rotatable bonds is 4. The summed E-state index contributed by atoms with van der Waals surface area (Å²) in [6.45, 7) is 5.80. The summed E-state index contributed by atoms with van der Waals surface area (Å²) in [6, 6.07) is 21.6. The predicted octanol–water partition coefficient (Wildman–Crippen LogP) is -0.814. The van der Waals surface area contributed by atoms with Crippen LogP contribution >= 0.6 is 0 Å². The van der Waals surface area contributed by atoms with Gasteiger partial charge in [0.15, 0.2) is 0 Å². The fourth-order valence-corrected chi connectivity index (χ4v) is 4.21. The maximum absolute atomic E-state index is 9.14. The molecule has 23 heavy (non-hydrogen) atoms. The van der Waals surface area contributed by atoms with Gasteiger partial charge in [-0.05, 0) is 12.2 Å². The number of carboxylic acid groups (broad SMARTS) is 2. The molecule has 4 nitrogen and oxygen atoms in total. The van der Waals surface area contributed by atoms with Crippen molar-refractivity contribution < 1.29 is 19.8 Å². The second-order valence-electron chi connectivity index (χ2n) is 3.90. The minimum absolute atomic E-state index is 0.517. The van der Waals surface area contributed by atoms with E-state index in [-0.39, 0.29) is 0 Å². The van der Waals surface area contributed by atoms with Gasteiger partial charge in [0, 0.05) is 0 Å². The van der Waals surface area contributed by atoms with E-state index in [1.807, 2.05) is 0 Å². The van der Waals surface area contributed by atoms with E-state index < -0.39 is 33.1 Å². The first kappa shape index (κ1) is 20.7. The van der Waals surface area contributed by atoms with E-state index >= 15 is 0 Å². The summed E-state index contributed by atoms with van der Waals surface area (Å²) in [6.07, 6.45) is 1.44. The molecular weight excluding hydrogens is 399 g/mol. The molecule has 0 bridgehead atoms. The number of carbonyl (C=O) groups excluding carboxylic acids is 2. The molecule has 0 aliphatic rings. The summed E-state index contributed by atoms with van der Waals surface area (Å²) in [4.78, 5) is 18.3. The normalized spacial score (nSPS) is 8.00. The quantitative estimate of drug-likeness (QED) is 0.484. The Morgan fingerprint density at radius 2 is 1.00 bits per heavy atom. The van der Waals surface area contributed by atoms with E-state index in [4.69, 9.17) is 19.8 Å². The molecule has 0 fully saturated rings. The van der Waals surface area contributed by atoms with E-state index in [0.29, 0.717) is 0 Å². The molecular formula is C18H16O4Sn. The summed E-state index contributed by atoms with van der Waals surface area (Å²) in [5, 5.41) is 18.3. The van der Waals surface area contributed by atoms with Crippen molar-refractivity contribution in [2.45, 2.75) is 0 Å². The molecule has 0 N–H and O–H groups in total. The molecule has 2 aromatic rings. The third kappa shape index (κ3) is 13.1. The monoisotopic (exact) mass is 416 g/mol. The van der Waals surface area contributed by atoms with E-state index in [1.165, 1.54) is 7.16 Å². The molecule has 0 amide bonds. The Bertz CT molecular complexity index is 554. The van der Waals surface area contributed by atoms with Gasteiger partial charge >= 0.3 is 89.0 Å². The third-order valence-electron chi connectivity index (χ3n) is 2.17. The van der Waals surface area contributed by atoms with E-state index in [2.05, 4.69) is 73.8 Å². The molecule has 0 radical (unpaired) electrons. The van der Waals surface area contributed by atoms with Gasteiger partial charge in [0.1, 0.15) is 0 Å². The zero-order valence-electron chi connectivity index (χ0n) is 12.5. The molecule has 0 aliphatic heterocycles. The number of carboxylic acids is 2. The van der Waals surface area contributed by atoms with Crippen molar-refractivity contribution >= 4 is 40.2 Å². The fourth-order valence-electron chi connectivity index (χ4n) is 1.21. The predicted molar refractivity (Wildman–Crippen MR) is 88.3 cm³/mol. The van der Waals surface area contributed by atoms with Crippen LogP contribution in [0.15, 0.2) is 86.0 Å². The van der Waals surface area contributed by atoms with Crippen molar-refractivity contribution in [1.29, 1.82) is 0 Å². The van der Waals surface area contributed by atoms with Crippen LogP contribution in [0.25, 0.3) is 0 Å². The Kier molecular flexibility index (Phi) is 12.0. The first-order chi connectivity index (χ1) is 11.0. The second-order valence-corrected chi connectivity index (χ2v) is 7.91. The molecule has 0 saturated carbocycles. The van der Waals surface area contributed by atoms with Gasteiger partial charge in [-0.1, -0.05) is 13.2 Å². The molecule has 0 unspecified atom stereocenters. The van der Waals surface area contributed by atoms with Gasteiger partial charge in [0.2, 0.25) is 0 Å². The summed E-state index contributed by atoms with van der Waals surface area (Å²) < 4.78 is 3.08. The molecule has 0 atom stereocenters. The Morgan fingerprint density at radius 1 is 0.739 bits per heavy atom. The van der Waals surface area contributed by atoms with Crippen LogP contribution in [0.2, 0.25) is 0 Å². The van der Waals surface area contributed by atoms with Crippen LogP contribution in [0.4, 0.5) is 0 Å². The van der Waals surface area contributed by atoms with Gasteiger partial charge in [0.05, 0.1) is 11.9 Å². The summed E-state index contributed by atoms with van der Waals surface area (Å²) in [5.74, 6) is -2.46. The van der Waals surface area contributed by atoms with Crippen molar-refractivity contribution in [3.63, 3.8) is 0 Å². The third-order valence-corrected chi connectivity index (χ3v) is 5.72. The number of hydrogen-bond acceptors (Lipinski definition) is 4. The molecule has 5 heteroatoms. The molecule has 0 heterocycles. The number of aliphatic carboxylic acids is 2. The van der Waals surface area contributed by atoms with Crippen molar-refractivity contribution in [2.75, 3.05) is 0 Å². The molecule has 0 spiro atoms. The Hall–Kier alpha value is -2.34. The molecule has 2 rings (SSSR count). The molecule has 0 aromatic heterocycles. The first-order valence-corrected chi connectivity index (χ1v) is 9.39. The van der Waals surface area contributed by atoms with Crippen LogP contribution in [-0.4, -0.2) is 33.1 Å². The summed E-state index contributed by atoms with van der Waals surface area (Å²) in [7, 11) is 0. The molecule has 0 aliphatic carbocycles. The SMILES string of the molecule is C=CC(=O)[O-].C=CC(=O)[O-].c1cc[c]([Sn+2][c]2ccccc2)cc1. The van der Waals surface area contributed by atoms with Gasteiger partial charge in [-0.15, -0.1) is 0 Å². The van der Waals surface area contributed by atoms with Crippen LogP contribution in [-0.2, 0) is 9.59 Å². The zero-order valence-corrected chi connectivity index (χ0v) is 15.3. The van der Waals surface area contributed by atoms with Crippen molar-refractivity contribution in [1.82, 2.24) is 0 Å². The van der Waals surface area contributed by atoms with Crippen molar-refractivity contribution in [2.24, 2.45) is 0 Å². The average Bonchev–Trinajstić information content (AvgIpc) is 2.58. The molecule has 0 saturated heterocycles. The number of benzene rings is 2. The van der Waals surface area contributed by atoms with Crippen LogP contribution < -0.4 is 17.4 Å². The van der Waals surface area contributed by atoms with Crippen LogP contribution in [0.5, 0.6) is 0 Å². The van der Waals surface area contributed by atoms with Crippen molar-refractivity contribution in [3.8, 4) is 0 Å². The summed E-state index contributed by atoms with van der Waals surface area (Å²) >= 11 is -0.517. The van der Waals surface area contributed by atoms with Crippen LogP contribution in [0.1, 0.15) is 0 Å². The van der Waals surface area contributed by atoms with E-state index in [0.717, 1.165) is 12.2 Å². The molecule has 116 valence electrons. The van der Waals surface area contributed by atoms with Crippen molar-refractivity contribution in [3.05, 3.63) is 86.0 Å². The van der Waals surface area contributed by atoms with Crippen LogP contribution in [0, 0.1) is 0 Å². The molecule has 2 aromatic carbocycles. The second kappa shape index (κ2) is 13.3. The average molecular weight is 415 g/mol. The zero-order chi connectivity index (χ0) is 17.5. The first-order valence-electron chi connectivity index (χ1n) is 6.53. The Morgan fingerprint density at radius 3 is 1.22 bits per heavy atom. The van der Waals surface area contributed by atoms with Gasteiger partial charge < -0.3 is 19.8 Å². The minimum atomic E-state index is -1.23. The van der Waals surface area contributed by atoms with E-state index in [1.54, 1.807) is 0 Å². The van der Waals surface area contributed by atoms with Gasteiger partial charge in [-0.3, -0.25) is 0 Å². The maximum atomic E-state index is 9.14. The standard InChI is InChI=1S/2C6H5.2C3H4O2.Sn/c2*1-2-4-6-5-3-1;2*1-2-3(4)5;/h2*1-5H;2*2H,1H2,(H,4,5);/q;;;;+2/p-2. The van der Waals surface area contributed by atoms with Crippen LogP contribution in [0.3, 0.4) is 0 Å². The number of carbonyl (C=O) groups is 2. The number of hydrogen-bond donors (Lipinski definition) is 0. The van der Waals surface area contributed by atoms with E-state index in [9.17, 15) is 0 Å². The van der Waals surface area contributed by atoms with Gasteiger partial charge in [-0.25, -0.2) is 0 Å². The van der Waals surface area contributed by atoms with Gasteiger partial charge in [0.25, 0.3) is 0 Å².